The van der Waals surface area contributed by atoms with Crippen molar-refractivity contribution < 1.29 is 29.3 Å². The highest BCUT2D eigenvalue weighted by molar-refractivity contribution is 5.93. The van der Waals surface area contributed by atoms with Crippen molar-refractivity contribution >= 4 is 11.6 Å². The molecule has 0 saturated heterocycles. The van der Waals surface area contributed by atoms with E-state index < -0.39 is 29.5 Å². The summed E-state index contributed by atoms with van der Waals surface area (Å²) in [5.74, 6) is 0.128. The van der Waals surface area contributed by atoms with Gasteiger partial charge in [-0.2, -0.15) is 0 Å². The van der Waals surface area contributed by atoms with Gasteiger partial charge < -0.3 is 19.7 Å². The van der Waals surface area contributed by atoms with Gasteiger partial charge in [-0.15, -0.1) is 0 Å². The first-order chi connectivity index (χ1) is 14.2. The number of hydrogen-bond donors (Lipinski definition) is 2. The van der Waals surface area contributed by atoms with Crippen LogP contribution in [0, 0.1) is 28.6 Å². The third kappa shape index (κ3) is 2.70. The molecule has 30 heavy (non-hydrogen) atoms. The second-order valence-corrected chi connectivity index (χ2v) is 10.2. The zero-order chi connectivity index (χ0) is 21.9. The van der Waals surface area contributed by atoms with Gasteiger partial charge in [0.15, 0.2) is 17.2 Å². The molecular weight excluding hydrogens is 384 g/mol. The van der Waals surface area contributed by atoms with E-state index in [-0.39, 0.29) is 35.7 Å². The number of allylic oxidation sites excluding steroid dienone is 1. The van der Waals surface area contributed by atoms with Gasteiger partial charge >= 0.3 is 0 Å². The number of fused-ring (bicyclic) bond motifs is 5. The molecule has 4 rings (SSSR count). The average molecular weight is 419 g/mol. The van der Waals surface area contributed by atoms with Gasteiger partial charge in [-0.1, -0.05) is 26.0 Å². The van der Waals surface area contributed by atoms with Crippen molar-refractivity contribution in [3.8, 4) is 0 Å². The molecule has 4 aliphatic rings. The standard InChI is InChI=1S/C24H34O6/c1-14-9-18-17-6-5-15-10-16(26)7-8-22(15,2)21(17)19(27)11-23(18,3)24(14,20(28)12-25)30-13-29-4/h10,17-19,21,25,27H,1,5-9,11-13H2,2-4H3/t17-,18-,19-,21+,22-,23-,24-/m0/s1. The first kappa shape index (κ1) is 21.9. The molecule has 6 heteroatoms. The summed E-state index contributed by atoms with van der Waals surface area (Å²) in [5.41, 5.74) is -0.380. The van der Waals surface area contributed by atoms with Crippen molar-refractivity contribution in [2.45, 2.75) is 64.1 Å². The summed E-state index contributed by atoms with van der Waals surface area (Å²) in [4.78, 5) is 25.1. The Bertz CT molecular complexity index is 802. The zero-order valence-electron chi connectivity index (χ0n) is 18.3. The van der Waals surface area contributed by atoms with Crippen molar-refractivity contribution in [1.29, 1.82) is 0 Å². The number of aliphatic hydroxyl groups excluding tert-OH is 2. The Hall–Kier alpha value is -1.34. The Morgan fingerprint density at radius 3 is 2.73 bits per heavy atom. The fraction of sp³-hybridized carbons (Fsp3) is 0.750. The fourth-order valence-corrected chi connectivity index (χ4v) is 7.75. The molecule has 4 aliphatic carbocycles. The van der Waals surface area contributed by atoms with Gasteiger partial charge in [-0.25, -0.2) is 0 Å². The van der Waals surface area contributed by atoms with Gasteiger partial charge in [-0.05, 0) is 66.9 Å². The van der Waals surface area contributed by atoms with Gasteiger partial charge in [0.05, 0.1) is 6.10 Å². The van der Waals surface area contributed by atoms with E-state index in [0.29, 0.717) is 24.8 Å². The molecule has 0 bridgehead atoms. The highest BCUT2D eigenvalue weighted by Gasteiger charge is 2.70. The topological polar surface area (TPSA) is 93.1 Å². The predicted molar refractivity (Wildman–Crippen MR) is 110 cm³/mol. The summed E-state index contributed by atoms with van der Waals surface area (Å²) in [6.07, 6.45) is 5.22. The van der Waals surface area contributed by atoms with E-state index in [0.717, 1.165) is 19.3 Å². The molecule has 0 amide bonds. The van der Waals surface area contributed by atoms with Crippen LogP contribution in [0.25, 0.3) is 0 Å². The Morgan fingerprint density at radius 1 is 1.33 bits per heavy atom. The maximum atomic E-state index is 13.1. The van der Waals surface area contributed by atoms with E-state index in [1.807, 2.05) is 13.0 Å². The van der Waals surface area contributed by atoms with Gasteiger partial charge in [0.25, 0.3) is 0 Å². The van der Waals surface area contributed by atoms with Gasteiger partial charge in [0.1, 0.15) is 13.4 Å². The van der Waals surface area contributed by atoms with E-state index in [2.05, 4.69) is 13.5 Å². The number of carbonyl (C=O) groups is 2. The van der Waals surface area contributed by atoms with E-state index >= 15 is 0 Å². The summed E-state index contributed by atoms with van der Waals surface area (Å²) >= 11 is 0. The van der Waals surface area contributed by atoms with Crippen LogP contribution in [-0.4, -0.2) is 54.0 Å². The van der Waals surface area contributed by atoms with Crippen molar-refractivity contribution in [3.63, 3.8) is 0 Å². The minimum atomic E-state index is -1.35. The number of aliphatic hydroxyl groups is 2. The van der Waals surface area contributed by atoms with Gasteiger partial charge in [0.2, 0.25) is 0 Å². The molecule has 3 saturated carbocycles. The van der Waals surface area contributed by atoms with Crippen LogP contribution in [0.4, 0.5) is 0 Å². The summed E-state index contributed by atoms with van der Waals surface area (Å²) in [6, 6.07) is 0. The molecule has 2 N–H and O–H groups in total. The summed E-state index contributed by atoms with van der Waals surface area (Å²) < 4.78 is 11.2. The number of ether oxygens (including phenoxy) is 2. The van der Waals surface area contributed by atoms with Crippen LogP contribution < -0.4 is 0 Å². The first-order valence-corrected chi connectivity index (χ1v) is 11.0. The quantitative estimate of drug-likeness (QED) is 0.527. The minimum absolute atomic E-state index is 0.0407. The molecule has 166 valence electrons. The predicted octanol–water partition coefficient (Wildman–Crippen LogP) is 2.58. The summed E-state index contributed by atoms with van der Waals surface area (Å²) in [7, 11) is 1.50. The lowest BCUT2D eigenvalue weighted by Crippen LogP contribution is -2.63. The number of ketones is 2. The normalized spacial score (nSPS) is 45.4. The number of rotatable bonds is 5. The Balaban J connectivity index is 1.78. The molecule has 6 nitrogen and oxygen atoms in total. The molecule has 0 aliphatic heterocycles. The highest BCUT2D eigenvalue weighted by atomic mass is 16.7. The van der Waals surface area contributed by atoms with Crippen LogP contribution in [0.15, 0.2) is 23.8 Å². The molecule has 0 aromatic heterocycles. The Kier molecular flexibility index (Phi) is 5.37. The van der Waals surface area contributed by atoms with Crippen molar-refractivity contribution in [3.05, 3.63) is 23.8 Å². The van der Waals surface area contributed by atoms with Crippen LogP contribution in [0.3, 0.4) is 0 Å². The largest absolute Gasteiger partial charge is 0.393 e. The molecule has 0 radical (unpaired) electrons. The molecule has 3 fully saturated rings. The Morgan fingerprint density at radius 2 is 2.07 bits per heavy atom. The molecule has 7 atom stereocenters. The molecule has 0 unspecified atom stereocenters. The van der Waals surface area contributed by atoms with Crippen LogP contribution in [-0.2, 0) is 19.1 Å². The van der Waals surface area contributed by atoms with Crippen molar-refractivity contribution in [1.82, 2.24) is 0 Å². The monoisotopic (exact) mass is 418 g/mol. The van der Waals surface area contributed by atoms with Crippen molar-refractivity contribution in [2.75, 3.05) is 20.5 Å². The van der Waals surface area contributed by atoms with Gasteiger partial charge in [0, 0.05) is 18.9 Å². The second kappa shape index (κ2) is 7.37. The van der Waals surface area contributed by atoms with Crippen LogP contribution in [0.5, 0.6) is 0 Å². The SMILES string of the molecule is C=C1C[C@H]2[C@@H]3CCC4=CC(=O)CC[C@]4(C)[C@H]3[C@@H](O)C[C@]2(C)[C@@]1(OCOC)C(=O)CO. The van der Waals surface area contributed by atoms with E-state index in [4.69, 9.17) is 9.47 Å². The maximum absolute atomic E-state index is 13.1. The van der Waals surface area contributed by atoms with E-state index in [1.54, 1.807) is 0 Å². The van der Waals surface area contributed by atoms with Gasteiger partial charge in [-0.3, -0.25) is 9.59 Å². The third-order valence-corrected chi connectivity index (χ3v) is 8.98. The minimum Gasteiger partial charge on any atom is -0.393 e. The fourth-order valence-electron chi connectivity index (χ4n) is 7.75. The van der Waals surface area contributed by atoms with Crippen LogP contribution in [0.2, 0.25) is 0 Å². The smallest absolute Gasteiger partial charge is 0.194 e. The number of Topliss-reactive ketones (excluding diaryl/α,β-unsaturated/α-hetero) is 1. The van der Waals surface area contributed by atoms with E-state index in [9.17, 15) is 19.8 Å². The molecular formula is C24H34O6. The first-order valence-electron chi connectivity index (χ1n) is 11.0. The highest BCUT2D eigenvalue weighted by Crippen LogP contribution is 2.69. The number of hydrogen-bond acceptors (Lipinski definition) is 6. The second-order valence-electron chi connectivity index (χ2n) is 10.2. The summed E-state index contributed by atoms with van der Waals surface area (Å²) in [6.45, 7) is 7.71. The summed E-state index contributed by atoms with van der Waals surface area (Å²) in [5, 5.41) is 21.3. The third-order valence-electron chi connectivity index (χ3n) is 8.98. The lowest BCUT2D eigenvalue weighted by atomic mass is 9.45. The molecule has 0 aromatic carbocycles. The number of methoxy groups -OCH3 is 1. The molecule has 0 heterocycles. The van der Waals surface area contributed by atoms with Crippen LogP contribution >= 0.6 is 0 Å². The maximum Gasteiger partial charge on any atom is 0.194 e. The molecule has 0 aromatic rings. The Labute approximate surface area is 178 Å². The van der Waals surface area contributed by atoms with E-state index in [1.165, 1.54) is 12.7 Å². The number of carbonyl (C=O) groups excluding carboxylic acids is 2. The zero-order valence-corrected chi connectivity index (χ0v) is 18.3. The average Bonchev–Trinajstić information content (AvgIpc) is 2.93. The molecule has 0 spiro atoms. The van der Waals surface area contributed by atoms with Crippen LogP contribution in [0.1, 0.15) is 52.4 Å². The van der Waals surface area contributed by atoms with Crippen molar-refractivity contribution in [2.24, 2.45) is 28.6 Å². The lowest BCUT2D eigenvalue weighted by Gasteiger charge is -2.60. The lowest BCUT2D eigenvalue weighted by molar-refractivity contribution is -0.209.